The van der Waals surface area contributed by atoms with Crippen molar-refractivity contribution in [3.8, 4) is 0 Å². The number of hydrogen-bond acceptors (Lipinski definition) is 5. The summed E-state index contributed by atoms with van der Waals surface area (Å²) in [6, 6.07) is 0. The molecule has 1 saturated carbocycles. The topological polar surface area (TPSA) is 68.1 Å². The predicted octanol–water partition coefficient (Wildman–Crippen LogP) is 2.61. The van der Waals surface area contributed by atoms with Crippen LogP contribution < -0.4 is 22.1 Å². The van der Waals surface area contributed by atoms with Gasteiger partial charge in [-0.15, -0.1) is 11.3 Å². The highest BCUT2D eigenvalue weighted by Gasteiger charge is 2.38. The van der Waals surface area contributed by atoms with Crippen molar-refractivity contribution in [1.82, 2.24) is 20.0 Å². The lowest BCUT2D eigenvalue weighted by atomic mass is 9.78. The summed E-state index contributed by atoms with van der Waals surface area (Å²) in [6.07, 6.45) is -3.26. The number of hydrogen-bond donors (Lipinski definition) is 2. The molecule has 1 fully saturated rings. The molecule has 0 aliphatic heterocycles. The molecule has 1 aliphatic carbocycles. The fourth-order valence-electron chi connectivity index (χ4n) is 3.55. The highest BCUT2D eigenvalue weighted by molar-refractivity contribution is 7.18. The first kappa shape index (κ1) is 20.1. The van der Waals surface area contributed by atoms with E-state index in [1.54, 1.807) is 14.0 Å². The van der Waals surface area contributed by atoms with E-state index in [9.17, 15) is 22.8 Å². The van der Waals surface area contributed by atoms with Gasteiger partial charge in [0.1, 0.15) is 4.83 Å². The van der Waals surface area contributed by atoms with E-state index in [1.165, 1.54) is 15.9 Å². The minimum atomic E-state index is -4.38. The molecule has 0 aromatic carbocycles. The van der Waals surface area contributed by atoms with E-state index in [1.807, 2.05) is 6.92 Å². The average Bonchev–Trinajstić information content (AvgIpc) is 2.87. The van der Waals surface area contributed by atoms with E-state index in [0.717, 1.165) is 15.9 Å². The molecular formula is C17H23F3N4O2S. The fourth-order valence-corrected chi connectivity index (χ4v) is 4.81. The molecule has 27 heavy (non-hydrogen) atoms. The summed E-state index contributed by atoms with van der Waals surface area (Å²) in [5.74, 6) is 0. The molecule has 2 aromatic rings. The van der Waals surface area contributed by atoms with Crippen LogP contribution in [0.5, 0.6) is 0 Å². The summed E-state index contributed by atoms with van der Waals surface area (Å²) < 4.78 is 40.8. The third kappa shape index (κ3) is 3.57. The van der Waals surface area contributed by atoms with Crippen molar-refractivity contribution >= 4 is 21.6 Å². The molecule has 2 N–H and O–H groups in total. The van der Waals surface area contributed by atoms with Crippen LogP contribution in [-0.2, 0) is 18.6 Å². The van der Waals surface area contributed by atoms with Crippen LogP contribution in [-0.4, -0.2) is 22.4 Å². The van der Waals surface area contributed by atoms with E-state index >= 15 is 0 Å². The Labute approximate surface area is 158 Å². The van der Waals surface area contributed by atoms with Gasteiger partial charge >= 0.3 is 11.9 Å². The summed E-state index contributed by atoms with van der Waals surface area (Å²) in [5.41, 5.74) is 4.75. The number of aryl methyl sites for hydroxylation is 2. The SMILES string of the molecule is CNNCc1sc2c(c1C)c(=O)n(C1(C)CCC1)c(=O)n2CCC(F)(F)F. The van der Waals surface area contributed by atoms with Crippen molar-refractivity contribution in [2.24, 2.45) is 0 Å². The maximum atomic E-state index is 13.1. The first-order valence-corrected chi connectivity index (χ1v) is 9.65. The van der Waals surface area contributed by atoms with Crippen molar-refractivity contribution in [3.05, 3.63) is 31.3 Å². The van der Waals surface area contributed by atoms with Gasteiger partial charge in [0.05, 0.1) is 11.8 Å². The normalized spacial score (nSPS) is 16.7. The third-order valence-electron chi connectivity index (χ3n) is 5.33. The molecule has 6 nitrogen and oxygen atoms in total. The van der Waals surface area contributed by atoms with Crippen LogP contribution in [0.15, 0.2) is 9.59 Å². The Bertz CT molecular complexity index is 970. The molecule has 0 saturated heterocycles. The van der Waals surface area contributed by atoms with Gasteiger partial charge in [-0.05, 0) is 45.7 Å². The van der Waals surface area contributed by atoms with Gasteiger partial charge in [0.25, 0.3) is 5.56 Å². The largest absolute Gasteiger partial charge is 0.390 e. The predicted molar refractivity (Wildman–Crippen MR) is 99.2 cm³/mol. The molecule has 150 valence electrons. The Morgan fingerprint density at radius 2 is 1.93 bits per heavy atom. The second-order valence-electron chi connectivity index (χ2n) is 7.22. The quantitative estimate of drug-likeness (QED) is 0.727. The lowest BCUT2D eigenvalue weighted by Gasteiger charge is -2.39. The summed E-state index contributed by atoms with van der Waals surface area (Å²) in [6.45, 7) is 3.52. The Balaban J connectivity index is 2.26. The number of nitrogens with zero attached hydrogens (tertiary/aromatic N) is 2. The van der Waals surface area contributed by atoms with Crippen LogP contribution >= 0.6 is 11.3 Å². The second kappa shape index (κ2) is 7.06. The van der Waals surface area contributed by atoms with Crippen molar-refractivity contribution < 1.29 is 13.2 Å². The summed E-state index contributed by atoms with van der Waals surface area (Å²) >= 11 is 1.19. The first-order chi connectivity index (χ1) is 12.6. The van der Waals surface area contributed by atoms with Crippen molar-refractivity contribution in [3.63, 3.8) is 0 Å². The number of rotatable bonds is 6. The number of thiophene rings is 1. The Morgan fingerprint density at radius 3 is 2.44 bits per heavy atom. The monoisotopic (exact) mass is 404 g/mol. The molecule has 2 aromatic heterocycles. The van der Waals surface area contributed by atoms with Gasteiger partial charge in [0, 0.05) is 23.5 Å². The van der Waals surface area contributed by atoms with Gasteiger partial charge in [0.15, 0.2) is 0 Å². The van der Waals surface area contributed by atoms with Crippen LogP contribution in [0, 0.1) is 6.92 Å². The zero-order valence-electron chi connectivity index (χ0n) is 15.5. The molecule has 10 heteroatoms. The average molecular weight is 404 g/mol. The smallest absolute Gasteiger partial charge is 0.284 e. The fraction of sp³-hybridized carbons (Fsp3) is 0.647. The van der Waals surface area contributed by atoms with E-state index in [2.05, 4.69) is 10.9 Å². The van der Waals surface area contributed by atoms with Crippen molar-refractivity contribution in [1.29, 1.82) is 0 Å². The van der Waals surface area contributed by atoms with Crippen molar-refractivity contribution in [2.45, 2.75) is 64.3 Å². The number of nitrogens with one attached hydrogen (secondary N) is 2. The number of hydrazine groups is 1. The van der Waals surface area contributed by atoms with Gasteiger partial charge in [0.2, 0.25) is 0 Å². The van der Waals surface area contributed by atoms with E-state index < -0.39 is 35.9 Å². The molecule has 0 amide bonds. The number of aromatic nitrogens is 2. The van der Waals surface area contributed by atoms with Gasteiger partial charge < -0.3 is 0 Å². The van der Waals surface area contributed by atoms with E-state index in [-0.39, 0.29) is 0 Å². The van der Waals surface area contributed by atoms with Crippen LogP contribution in [0.1, 0.15) is 43.0 Å². The third-order valence-corrected chi connectivity index (χ3v) is 6.64. The van der Waals surface area contributed by atoms with Gasteiger partial charge in [-0.2, -0.15) is 13.2 Å². The Morgan fingerprint density at radius 1 is 1.26 bits per heavy atom. The molecule has 0 unspecified atom stereocenters. The summed E-state index contributed by atoms with van der Waals surface area (Å²) in [5, 5.41) is 0.350. The summed E-state index contributed by atoms with van der Waals surface area (Å²) in [4.78, 5) is 27.3. The summed E-state index contributed by atoms with van der Waals surface area (Å²) in [7, 11) is 1.70. The molecule has 0 radical (unpaired) electrons. The van der Waals surface area contributed by atoms with E-state index in [0.29, 0.717) is 35.2 Å². The standard InChI is InChI=1S/C17H23F3N4O2S/c1-10-11(9-22-21-3)27-14-12(10)13(25)24(16(2)5-4-6-16)15(26)23(14)8-7-17(18,19)20/h21-22H,4-9H2,1-3H3. The molecule has 3 rings (SSSR count). The molecule has 2 heterocycles. The second-order valence-corrected chi connectivity index (χ2v) is 8.31. The van der Waals surface area contributed by atoms with Crippen LogP contribution in [0.25, 0.3) is 10.2 Å². The lowest BCUT2D eigenvalue weighted by Crippen LogP contribution is -2.53. The Hall–Kier alpha value is -1.65. The van der Waals surface area contributed by atoms with Crippen LogP contribution in [0.3, 0.4) is 0 Å². The highest BCUT2D eigenvalue weighted by Crippen LogP contribution is 2.37. The number of fused-ring (bicyclic) bond motifs is 1. The van der Waals surface area contributed by atoms with Crippen molar-refractivity contribution in [2.75, 3.05) is 7.05 Å². The van der Waals surface area contributed by atoms with E-state index in [4.69, 9.17) is 0 Å². The zero-order valence-corrected chi connectivity index (χ0v) is 16.3. The van der Waals surface area contributed by atoms with Gasteiger partial charge in [-0.1, -0.05) is 0 Å². The van der Waals surface area contributed by atoms with Gasteiger partial charge in [-0.25, -0.2) is 4.79 Å². The number of halogens is 3. The van der Waals surface area contributed by atoms with Gasteiger partial charge in [-0.3, -0.25) is 24.8 Å². The lowest BCUT2D eigenvalue weighted by molar-refractivity contribution is -0.136. The molecule has 0 atom stereocenters. The maximum Gasteiger partial charge on any atom is 0.390 e. The number of alkyl halides is 3. The van der Waals surface area contributed by atoms with Crippen LogP contribution in [0.4, 0.5) is 13.2 Å². The zero-order chi connectivity index (χ0) is 20.0. The first-order valence-electron chi connectivity index (χ1n) is 8.84. The molecule has 0 bridgehead atoms. The minimum Gasteiger partial charge on any atom is -0.284 e. The maximum absolute atomic E-state index is 13.1. The molecule has 1 aliphatic rings. The van der Waals surface area contributed by atoms with Crippen LogP contribution in [0.2, 0.25) is 0 Å². The molecule has 0 spiro atoms. The highest BCUT2D eigenvalue weighted by atomic mass is 32.1. The Kier molecular flexibility index (Phi) is 5.26. The molecular weight excluding hydrogens is 381 g/mol. The minimum absolute atomic E-state index is 0.318.